The quantitative estimate of drug-likeness (QED) is 0.617. The van der Waals surface area contributed by atoms with E-state index in [1.54, 1.807) is 0 Å². The van der Waals surface area contributed by atoms with E-state index in [1.165, 1.54) is 12.8 Å². The van der Waals surface area contributed by atoms with Crippen LogP contribution in [0.3, 0.4) is 0 Å². The van der Waals surface area contributed by atoms with Crippen molar-refractivity contribution < 1.29 is 4.79 Å². The predicted molar refractivity (Wildman–Crippen MR) is 48.9 cm³/mol. The van der Waals surface area contributed by atoms with E-state index in [0.29, 0.717) is 5.92 Å². The van der Waals surface area contributed by atoms with Gasteiger partial charge in [0.05, 0.1) is 0 Å². The Hall–Kier alpha value is -0.300. The molecule has 0 aliphatic heterocycles. The van der Waals surface area contributed by atoms with Gasteiger partial charge in [-0.3, -0.25) is 4.79 Å². The Labute approximate surface area is 77.8 Å². The first-order valence-corrected chi connectivity index (χ1v) is 5.01. The summed E-state index contributed by atoms with van der Waals surface area (Å²) in [5.41, 5.74) is 0.903. The molecule has 0 amide bonds. The molecule has 0 aromatic rings. The van der Waals surface area contributed by atoms with Gasteiger partial charge in [0.25, 0.3) is 0 Å². The maximum absolute atomic E-state index is 10.7. The molecule has 0 spiro atoms. The minimum Gasteiger partial charge on any atom is -0.298 e. The molecule has 2 aliphatic rings. The van der Waals surface area contributed by atoms with Crippen molar-refractivity contribution in [1.82, 2.24) is 0 Å². The average molecular weight is 185 g/mol. The fourth-order valence-corrected chi connectivity index (χ4v) is 2.91. The van der Waals surface area contributed by atoms with E-state index in [-0.39, 0.29) is 0 Å². The van der Waals surface area contributed by atoms with E-state index in [2.05, 4.69) is 6.92 Å². The molecule has 1 unspecified atom stereocenters. The SMILES string of the molecule is CCC[C@H]1C2C(C=O)=C(Cl)C[C@@H]21. The fourth-order valence-electron chi connectivity index (χ4n) is 2.56. The van der Waals surface area contributed by atoms with Gasteiger partial charge in [0.2, 0.25) is 0 Å². The van der Waals surface area contributed by atoms with Gasteiger partial charge in [-0.2, -0.15) is 0 Å². The summed E-state index contributed by atoms with van der Waals surface area (Å²) in [6.45, 7) is 2.19. The van der Waals surface area contributed by atoms with Crippen LogP contribution in [0.2, 0.25) is 0 Å². The van der Waals surface area contributed by atoms with Gasteiger partial charge >= 0.3 is 0 Å². The van der Waals surface area contributed by atoms with Gasteiger partial charge in [0.15, 0.2) is 0 Å². The summed E-state index contributed by atoms with van der Waals surface area (Å²) in [6.07, 6.45) is 4.41. The second kappa shape index (κ2) is 2.88. The zero-order chi connectivity index (χ0) is 8.72. The molecule has 1 fully saturated rings. The molecule has 0 aromatic heterocycles. The van der Waals surface area contributed by atoms with Crippen molar-refractivity contribution in [2.75, 3.05) is 0 Å². The molecule has 1 nitrogen and oxygen atoms in total. The lowest BCUT2D eigenvalue weighted by molar-refractivity contribution is -0.105. The highest BCUT2D eigenvalue weighted by Gasteiger charge is 2.55. The number of aldehydes is 1. The van der Waals surface area contributed by atoms with E-state index in [9.17, 15) is 4.79 Å². The van der Waals surface area contributed by atoms with Crippen molar-refractivity contribution in [3.63, 3.8) is 0 Å². The molecule has 0 aromatic carbocycles. The van der Waals surface area contributed by atoms with Gasteiger partial charge in [-0.05, 0) is 30.6 Å². The van der Waals surface area contributed by atoms with Gasteiger partial charge in [-0.15, -0.1) is 0 Å². The van der Waals surface area contributed by atoms with Crippen molar-refractivity contribution in [2.24, 2.45) is 17.8 Å². The number of fused-ring (bicyclic) bond motifs is 1. The van der Waals surface area contributed by atoms with Crippen LogP contribution in [0.15, 0.2) is 10.6 Å². The van der Waals surface area contributed by atoms with Crippen LogP contribution in [-0.2, 0) is 4.79 Å². The summed E-state index contributed by atoms with van der Waals surface area (Å²) < 4.78 is 0. The van der Waals surface area contributed by atoms with Gasteiger partial charge in [-0.1, -0.05) is 24.9 Å². The lowest BCUT2D eigenvalue weighted by atomic mass is 10.1. The molecule has 66 valence electrons. The summed E-state index contributed by atoms with van der Waals surface area (Å²) in [7, 11) is 0. The summed E-state index contributed by atoms with van der Waals surface area (Å²) in [4.78, 5) is 10.7. The molecule has 0 saturated heterocycles. The third-order valence-corrected chi connectivity index (χ3v) is 3.54. The summed E-state index contributed by atoms with van der Waals surface area (Å²) in [5, 5.41) is 0.826. The van der Waals surface area contributed by atoms with Crippen LogP contribution >= 0.6 is 11.6 Å². The Morgan fingerprint density at radius 1 is 1.67 bits per heavy atom. The Bertz CT molecular complexity index is 244. The average Bonchev–Trinajstić information content (AvgIpc) is 2.61. The highest BCUT2D eigenvalue weighted by Crippen LogP contribution is 2.61. The molecule has 1 saturated carbocycles. The summed E-state index contributed by atoms with van der Waals surface area (Å²) in [5.74, 6) is 2.03. The normalized spacial score (nSPS) is 38.3. The predicted octanol–water partition coefficient (Wildman–Crippen LogP) is 2.74. The maximum Gasteiger partial charge on any atom is 0.147 e. The number of halogens is 1. The second-order valence-corrected chi connectivity index (χ2v) is 4.28. The number of carbonyl (C=O) groups excluding carboxylic acids is 1. The Kier molecular flexibility index (Phi) is 1.99. The van der Waals surface area contributed by atoms with Crippen LogP contribution in [0.25, 0.3) is 0 Å². The summed E-state index contributed by atoms with van der Waals surface area (Å²) in [6, 6.07) is 0. The smallest absolute Gasteiger partial charge is 0.147 e. The lowest BCUT2D eigenvalue weighted by Gasteiger charge is -2.01. The first kappa shape index (κ1) is 8.31. The van der Waals surface area contributed by atoms with Crippen LogP contribution in [0.5, 0.6) is 0 Å². The van der Waals surface area contributed by atoms with Crippen molar-refractivity contribution >= 4 is 17.9 Å². The Morgan fingerprint density at radius 3 is 3.00 bits per heavy atom. The standard InChI is InChI=1S/C10H13ClO/c1-2-3-6-7-4-9(11)8(5-12)10(6)7/h5-7,10H,2-4H2,1H3/t6-,7-,10?/m1/s1. The number of rotatable bonds is 3. The van der Waals surface area contributed by atoms with E-state index in [0.717, 1.165) is 35.1 Å². The van der Waals surface area contributed by atoms with E-state index in [4.69, 9.17) is 11.6 Å². The largest absolute Gasteiger partial charge is 0.298 e. The van der Waals surface area contributed by atoms with Crippen LogP contribution in [0.1, 0.15) is 26.2 Å². The molecule has 0 bridgehead atoms. The number of hydrogen-bond acceptors (Lipinski definition) is 1. The molecular weight excluding hydrogens is 172 g/mol. The Balaban J connectivity index is 2.06. The molecule has 12 heavy (non-hydrogen) atoms. The van der Waals surface area contributed by atoms with Crippen LogP contribution in [0, 0.1) is 17.8 Å². The molecule has 3 atom stereocenters. The van der Waals surface area contributed by atoms with Gasteiger partial charge in [-0.25, -0.2) is 0 Å². The third-order valence-electron chi connectivity index (χ3n) is 3.17. The Morgan fingerprint density at radius 2 is 2.42 bits per heavy atom. The topological polar surface area (TPSA) is 17.1 Å². The zero-order valence-corrected chi connectivity index (χ0v) is 7.97. The molecule has 0 radical (unpaired) electrons. The molecule has 0 heterocycles. The van der Waals surface area contributed by atoms with Crippen molar-refractivity contribution in [2.45, 2.75) is 26.2 Å². The molecular formula is C10H13ClO. The van der Waals surface area contributed by atoms with E-state index < -0.39 is 0 Å². The van der Waals surface area contributed by atoms with Crippen LogP contribution in [0.4, 0.5) is 0 Å². The highest BCUT2D eigenvalue weighted by molar-refractivity contribution is 6.31. The molecule has 2 aliphatic carbocycles. The molecule has 0 N–H and O–H groups in total. The second-order valence-electron chi connectivity index (χ2n) is 3.82. The first-order valence-electron chi connectivity index (χ1n) is 4.63. The zero-order valence-electron chi connectivity index (χ0n) is 7.22. The molecule has 2 rings (SSSR count). The minimum absolute atomic E-state index is 0.537. The third kappa shape index (κ3) is 1.03. The number of carbonyl (C=O) groups is 1. The van der Waals surface area contributed by atoms with E-state index in [1.807, 2.05) is 0 Å². The van der Waals surface area contributed by atoms with Gasteiger partial charge in [0.1, 0.15) is 6.29 Å². The maximum atomic E-state index is 10.7. The first-order chi connectivity index (χ1) is 5.79. The van der Waals surface area contributed by atoms with Crippen LogP contribution in [-0.4, -0.2) is 6.29 Å². The van der Waals surface area contributed by atoms with Gasteiger partial charge < -0.3 is 0 Å². The number of allylic oxidation sites excluding steroid dienone is 2. The van der Waals surface area contributed by atoms with Crippen molar-refractivity contribution in [1.29, 1.82) is 0 Å². The van der Waals surface area contributed by atoms with Gasteiger partial charge in [0, 0.05) is 10.6 Å². The van der Waals surface area contributed by atoms with Crippen molar-refractivity contribution in [3.05, 3.63) is 10.6 Å². The molecule has 2 heteroatoms. The van der Waals surface area contributed by atoms with Crippen LogP contribution < -0.4 is 0 Å². The number of hydrogen-bond donors (Lipinski definition) is 0. The van der Waals surface area contributed by atoms with Crippen molar-refractivity contribution in [3.8, 4) is 0 Å². The summed E-state index contributed by atoms with van der Waals surface area (Å²) >= 11 is 5.92. The highest BCUT2D eigenvalue weighted by atomic mass is 35.5. The van der Waals surface area contributed by atoms with E-state index >= 15 is 0 Å². The monoisotopic (exact) mass is 184 g/mol. The lowest BCUT2D eigenvalue weighted by Crippen LogP contribution is -1.92. The minimum atomic E-state index is 0.537. The fraction of sp³-hybridized carbons (Fsp3) is 0.700.